The molecule has 1 heterocycles. The number of likely N-dealkylation sites (N-methyl/N-ethyl adjacent to an activating group) is 1. The first kappa shape index (κ1) is 12.0. The first-order chi connectivity index (χ1) is 8.24. The summed E-state index contributed by atoms with van der Waals surface area (Å²) in [4.78, 5) is 4.82. The van der Waals surface area contributed by atoms with Crippen LogP contribution in [0.4, 0.5) is 11.4 Å². The number of hydrogen-bond donors (Lipinski definition) is 1. The van der Waals surface area contributed by atoms with Gasteiger partial charge in [0.15, 0.2) is 0 Å². The number of rotatable bonds is 3. The average Bonchev–Trinajstić information content (AvgIpc) is 2.39. The van der Waals surface area contributed by atoms with Crippen molar-refractivity contribution in [2.75, 3.05) is 50.5 Å². The lowest BCUT2D eigenvalue weighted by molar-refractivity contribution is 0.270. The first-order valence-electron chi connectivity index (χ1n) is 6.15. The number of benzene rings is 1. The fourth-order valence-electron chi connectivity index (χ4n) is 2.26. The molecule has 1 fully saturated rings. The molecule has 1 saturated heterocycles. The van der Waals surface area contributed by atoms with Crippen molar-refractivity contribution in [1.82, 2.24) is 4.90 Å². The van der Waals surface area contributed by atoms with E-state index in [0.717, 1.165) is 49.8 Å². The number of nitrogens with two attached hydrogens (primary N) is 1. The van der Waals surface area contributed by atoms with Crippen LogP contribution in [0.2, 0.25) is 0 Å². The average molecular weight is 235 g/mol. The van der Waals surface area contributed by atoms with Crippen LogP contribution in [0, 0.1) is 0 Å². The molecule has 1 aliphatic rings. The lowest BCUT2D eigenvalue weighted by atomic mass is 10.2. The van der Waals surface area contributed by atoms with Gasteiger partial charge in [-0.3, -0.25) is 0 Å². The van der Waals surface area contributed by atoms with Crippen LogP contribution in [0.1, 0.15) is 6.92 Å². The minimum absolute atomic E-state index is 0.748. The van der Waals surface area contributed by atoms with Crippen LogP contribution in [-0.4, -0.2) is 44.7 Å². The Balaban J connectivity index is 2.12. The molecule has 2 N–H and O–H groups in total. The number of hydrogen-bond acceptors (Lipinski definition) is 4. The summed E-state index contributed by atoms with van der Waals surface area (Å²) in [5.41, 5.74) is 7.67. The standard InChI is InChI=1S/C13H21N3O/c1-3-15-6-8-16(9-7-15)12-5-4-11(14)10-13(12)17-2/h4-5,10H,3,6-9,14H2,1-2H3. The third-order valence-electron chi connectivity index (χ3n) is 3.36. The van der Waals surface area contributed by atoms with Gasteiger partial charge in [-0.1, -0.05) is 6.92 Å². The maximum atomic E-state index is 5.77. The molecule has 0 unspecified atom stereocenters. The zero-order chi connectivity index (χ0) is 12.3. The van der Waals surface area contributed by atoms with Gasteiger partial charge in [0, 0.05) is 37.9 Å². The van der Waals surface area contributed by atoms with Gasteiger partial charge in [0.05, 0.1) is 12.8 Å². The highest BCUT2D eigenvalue weighted by molar-refractivity contribution is 5.64. The molecule has 17 heavy (non-hydrogen) atoms. The van der Waals surface area contributed by atoms with E-state index in [2.05, 4.69) is 22.8 Å². The molecule has 2 rings (SSSR count). The predicted octanol–water partition coefficient (Wildman–Crippen LogP) is 1.42. The minimum Gasteiger partial charge on any atom is -0.495 e. The summed E-state index contributed by atoms with van der Waals surface area (Å²) < 4.78 is 5.40. The van der Waals surface area contributed by atoms with Crippen molar-refractivity contribution in [2.45, 2.75) is 6.92 Å². The number of ether oxygens (including phenoxy) is 1. The van der Waals surface area contributed by atoms with Crippen LogP contribution in [-0.2, 0) is 0 Å². The van der Waals surface area contributed by atoms with Gasteiger partial charge in [-0.2, -0.15) is 0 Å². The molecular weight excluding hydrogens is 214 g/mol. The van der Waals surface area contributed by atoms with E-state index in [4.69, 9.17) is 10.5 Å². The molecule has 4 nitrogen and oxygen atoms in total. The van der Waals surface area contributed by atoms with E-state index in [0.29, 0.717) is 0 Å². The number of nitrogens with zero attached hydrogens (tertiary/aromatic N) is 2. The summed E-state index contributed by atoms with van der Waals surface area (Å²) in [5, 5.41) is 0. The van der Waals surface area contributed by atoms with Crippen molar-refractivity contribution in [3.63, 3.8) is 0 Å². The third kappa shape index (κ3) is 2.64. The van der Waals surface area contributed by atoms with Crippen LogP contribution >= 0.6 is 0 Å². The van der Waals surface area contributed by atoms with Gasteiger partial charge < -0.3 is 20.3 Å². The van der Waals surface area contributed by atoms with Gasteiger partial charge in [0.1, 0.15) is 5.75 Å². The number of piperazine rings is 1. The van der Waals surface area contributed by atoms with Crippen molar-refractivity contribution >= 4 is 11.4 Å². The van der Waals surface area contributed by atoms with E-state index in [1.165, 1.54) is 0 Å². The van der Waals surface area contributed by atoms with E-state index in [9.17, 15) is 0 Å². The SMILES string of the molecule is CCN1CCN(c2ccc(N)cc2OC)CC1. The first-order valence-corrected chi connectivity index (χ1v) is 6.15. The van der Waals surface area contributed by atoms with E-state index in [-0.39, 0.29) is 0 Å². The van der Waals surface area contributed by atoms with Crippen LogP contribution in [0.5, 0.6) is 5.75 Å². The van der Waals surface area contributed by atoms with E-state index >= 15 is 0 Å². The predicted molar refractivity (Wildman–Crippen MR) is 71.7 cm³/mol. The van der Waals surface area contributed by atoms with Crippen LogP contribution in [0.3, 0.4) is 0 Å². The van der Waals surface area contributed by atoms with Gasteiger partial charge >= 0.3 is 0 Å². The van der Waals surface area contributed by atoms with Gasteiger partial charge in [-0.25, -0.2) is 0 Å². The summed E-state index contributed by atoms with van der Waals surface area (Å²) in [6.45, 7) is 7.67. The summed E-state index contributed by atoms with van der Waals surface area (Å²) >= 11 is 0. The van der Waals surface area contributed by atoms with Crippen molar-refractivity contribution < 1.29 is 4.74 Å². The normalized spacial score (nSPS) is 17.2. The van der Waals surface area contributed by atoms with Crippen LogP contribution in [0.15, 0.2) is 18.2 Å². The summed E-state index contributed by atoms with van der Waals surface area (Å²) in [6.07, 6.45) is 0. The van der Waals surface area contributed by atoms with Gasteiger partial charge in [-0.05, 0) is 18.7 Å². The quantitative estimate of drug-likeness (QED) is 0.805. The molecule has 0 atom stereocenters. The van der Waals surface area contributed by atoms with E-state index < -0.39 is 0 Å². The number of nitrogen functional groups attached to an aromatic ring is 1. The fraction of sp³-hybridized carbons (Fsp3) is 0.538. The van der Waals surface area contributed by atoms with Crippen molar-refractivity contribution in [1.29, 1.82) is 0 Å². The second-order valence-electron chi connectivity index (χ2n) is 4.35. The zero-order valence-corrected chi connectivity index (χ0v) is 10.6. The molecule has 0 aliphatic carbocycles. The van der Waals surface area contributed by atoms with Crippen molar-refractivity contribution in [2.24, 2.45) is 0 Å². The number of anilines is 2. The molecule has 94 valence electrons. The fourth-order valence-corrected chi connectivity index (χ4v) is 2.26. The minimum atomic E-state index is 0.748. The molecule has 0 saturated carbocycles. The van der Waals surface area contributed by atoms with Crippen molar-refractivity contribution in [3.8, 4) is 5.75 Å². The Morgan fingerprint density at radius 1 is 1.24 bits per heavy atom. The molecule has 1 aromatic rings. The van der Waals surface area contributed by atoms with Crippen LogP contribution < -0.4 is 15.4 Å². The Hall–Kier alpha value is -1.42. The molecule has 0 bridgehead atoms. The Morgan fingerprint density at radius 2 is 1.94 bits per heavy atom. The smallest absolute Gasteiger partial charge is 0.144 e. The third-order valence-corrected chi connectivity index (χ3v) is 3.36. The summed E-state index contributed by atoms with van der Waals surface area (Å²) in [6, 6.07) is 5.88. The molecule has 4 heteroatoms. The highest BCUT2D eigenvalue weighted by atomic mass is 16.5. The second-order valence-corrected chi connectivity index (χ2v) is 4.35. The lowest BCUT2D eigenvalue weighted by Gasteiger charge is -2.36. The summed E-state index contributed by atoms with van der Waals surface area (Å²) in [7, 11) is 1.70. The van der Waals surface area contributed by atoms with Crippen LogP contribution in [0.25, 0.3) is 0 Å². The van der Waals surface area contributed by atoms with E-state index in [1.807, 2.05) is 12.1 Å². The molecule has 0 amide bonds. The highest BCUT2D eigenvalue weighted by Gasteiger charge is 2.18. The molecule has 0 aromatic heterocycles. The Bertz CT molecular complexity index is 373. The van der Waals surface area contributed by atoms with Gasteiger partial charge in [0.25, 0.3) is 0 Å². The Morgan fingerprint density at radius 3 is 2.53 bits per heavy atom. The maximum absolute atomic E-state index is 5.77. The molecule has 1 aliphatic heterocycles. The lowest BCUT2D eigenvalue weighted by Crippen LogP contribution is -2.46. The maximum Gasteiger partial charge on any atom is 0.144 e. The second kappa shape index (κ2) is 5.27. The van der Waals surface area contributed by atoms with Crippen molar-refractivity contribution in [3.05, 3.63) is 18.2 Å². The van der Waals surface area contributed by atoms with E-state index in [1.54, 1.807) is 7.11 Å². The molecule has 1 aromatic carbocycles. The summed E-state index contributed by atoms with van der Waals surface area (Å²) in [5.74, 6) is 0.870. The van der Waals surface area contributed by atoms with Gasteiger partial charge in [0.2, 0.25) is 0 Å². The molecular formula is C13H21N3O. The molecule has 0 radical (unpaired) electrons. The van der Waals surface area contributed by atoms with Gasteiger partial charge in [-0.15, -0.1) is 0 Å². The highest BCUT2D eigenvalue weighted by Crippen LogP contribution is 2.30. The topological polar surface area (TPSA) is 41.7 Å². The Labute approximate surface area is 103 Å². The Kier molecular flexibility index (Phi) is 3.74. The zero-order valence-electron chi connectivity index (χ0n) is 10.6. The monoisotopic (exact) mass is 235 g/mol. The number of methoxy groups -OCH3 is 1. The molecule has 0 spiro atoms. The largest absolute Gasteiger partial charge is 0.495 e.